The van der Waals surface area contributed by atoms with E-state index in [1.807, 2.05) is 71.9 Å². The number of rotatable bonds is 10. The molecule has 3 aromatic rings. The Kier molecular flexibility index (Phi) is 10.0. The number of nitrogens with one attached hydrogen (secondary N) is 1. The van der Waals surface area contributed by atoms with Crippen LogP contribution in [0.25, 0.3) is 0 Å². The molecule has 7 nitrogen and oxygen atoms in total. The highest BCUT2D eigenvalue weighted by molar-refractivity contribution is 7.92. The first-order chi connectivity index (χ1) is 18.7. The Balaban J connectivity index is 2.08. The molecule has 0 aliphatic rings. The van der Waals surface area contributed by atoms with E-state index in [0.29, 0.717) is 11.4 Å². The molecule has 0 unspecified atom stereocenters. The van der Waals surface area contributed by atoms with E-state index >= 15 is 0 Å². The number of carbonyl (C=O) groups excluding carboxylic acids is 2. The molecule has 9 heteroatoms. The van der Waals surface area contributed by atoms with Crippen LogP contribution in [0.4, 0.5) is 5.69 Å². The Morgan fingerprint density at radius 1 is 0.950 bits per heavy atom. The van der Waals surface area contributed by atoms with Gasteiger partial charge in [-0.15, -0.1) is 0 Å². The fraction of sp³-hybridized carbons (Fsp3) is 0.355. The zero-order valence-electron chi connectivity index (χ0n) is 23.9. The quantitative estimate of drug-likeness (QED) is 0.323. The third-order valence-electron chi connectivity index (χ3n) is 6.41. The lowest BCUT2D eigenvalue weighted by Gasteiger charge is -2.34. The number of anilines is 1. The molecule has 0 saturated carbocycles. The predicted molar refractivity (Wildman–Crippen MR) is 161 cm³/mol. The maximum Gasteiger partial charge on any atom is 0.264 e. The van der Waals surface area contributed by atoms with E-state index in [-0.39, 0.29) is 23.0 Å². The average molecular weight is 584 g/mol. The van der Waals surface area contributed by atoms with Gasteiger partial charge in [-0.05, 0) is 76.4 Å². The number of benzene rings is 3. The number of sulfonamides is 1. The van der Waals surface area contributed by atoms with Crippen molar-refractivity contribution in [2.75, 3.05) is 10.8 Å². The van der Waals surface area contributed by atoms with Gasteiger partial charge in [0.2, 0.25) is 11.8 Å². The van der Waals surface area contributed by atoms with Crippen molar-refractivity contribution in [2.45, 2.75) is 71.0 Å². The monoisotopic (exact) mass is 583 g/mol. The summed E-state index contributed by atoms with van der Waals surface area (Å²) in [4.78, 5) is 29.0. The molecule has 3 rings (SSSR count). The topological polar surface area (TPSA) is 86.8 Å². The molecule has 3 aromatic carbocycles. The van der Waals surface area contributed by atoms with Gasteiger partial charge >= 0.3 is 0 Å². The van der Waals surface area contributed by atoms with Crippen molar-refractivity contribution in [2.24, 2.45) is 0 Å². The number of halogens is 1. The molecule has 1 N–H and O–H groups in total. The second-order valence-corrected chi connectivity index (χ2v) is 13.2. The summed E-state index contributed by atoms with van der Waals surface area (Å²) >= 11 is 6.39. The number of hydrogen-bond acceptors (Lipinski definition) is 4. The van der Waals surface area contributed by atoms with E-state index in [4.69, 9.17) is 11.6 Å². The molecule has 0 spiro atoms. The predicted octanol–water partition coefficient (Wildman–Crippen LogP) is 5.87. The summed E-state index contributed by atoms with van der Waals surface area (Å²) in [6.07, 6.45) is 0.349. The molecular weight excluding hydrogens is 546 g/mol. The molecule has 0 bridgehead atoms. The van der Waals surface area contributed by atoms with Gasteiger partial charge in [0.25, 0.3) is 10.0 Å². The molecule has 40 heavy (non-hydrogen) atoms. The van der Waals surface area contributed by atoms with Crippen molar-refractivity contribution in [3.8, 4) is 0 Å². The van der Waals surface area contributed by atoms with Crippen LogP contribution in [-0.4, -0.2) is 43.3 Å². The Morgan fingerprint density at radius 2 is 1.57 bits per heavy atom. The molecule has 214 valence electrons. The lowest BCUT2D eigenvalue weighted by Crippen LogP contribution is -2.55. The first-order valence-corrected chi connectivity index (χ1v) is 15.1. The number of hydrogen-bond donors (Lipinski definition) is 1. The fourth-order valence-electron chi connectivity index (χ4n) is 4.26. The van der Waals surface area contributed by atoms with E-state index in [0.717, 1.165) is 21.0 Å². The van der Waals surface area contributed by atoms with E-state index in [1.54, 1.807) is 30.3 Å². The number of carbonyl (C=O) groups is 2. The summed E-state index contributed by atoms with van der Waals surface area (Å²) < 4.78 is 29.0. The van der Waals surface area contributed by atoms with Crippen LogP contribution in [0, 0.1) is 13.8 Å². The highest BCUT2D eigenvalue weighted by atomic mass is 35.5. The lowest BCUT2D eigenvalue weighted by molar-refractivity contribution is -0.141. The van der Waals surface area contributed by atoms with Gasteiger partial charge in [-0.3, -0.25) is 13.9 Å². The Bertz CT molecular complexity index is 1440. The van der Waals surface area contributed by atoms with Crippen molar-refractivity contribution in [3.05, 3.63) is 94.5 Å². The second kappa shape index (κ2) is 12.9. The molecule has 0 fully saturated rings. The molecule has 0 heterocycles. The number of amides is 2. The van der Waals surface area contributed by atoms with E-state index in [1.165, 1.54) is 17.0 Å². The van der Waals surface area contributed by atoms with Gasteiger partial charge in [0.15, 0.2) is 0 Å². The molecule has 0 saturated heterocycles. The second-order valence-electron chi connectivity index (χ2n) is 10.9. The molecule has 0 aliphatic heterocycles. The van der Waals surface area contributed by atoms with Crippen molar-refractivity contribution in [1.82, 2.24) is 10.2 Å². The Hall–Kier alpha value is -3.36. The summed E-state index contributed by atoms with van der Waals surface area (Å²) in [5.41, 5.74) is 2.26. The van der Waals surface area contributed by atoms with Crippen LogP contribution in [0.1, 0.15) is 50.8 Å². The average Bonchev–Trinajstić information content (AvgIpc) is 2.88. The highest BCUT2D eigenvalue weighted by Gasteiger charge is 2.34. The van der Waals surface area contributed by atoms with E-state index in [2.05, 4.69) is 5.32 Å². The minimum absolute atomic E-state index is 0.0507. The summed E-state index contributed by atoms with van der Waals surface area (Å²) in [6.45, 7) is 10.8. The summed E-state index contributed by atoms with van der Waals surface area (Å²) in [5, 5.41) is 3.35. The van der Waals surface area contributed by atoms with E-state index in [9.17, 15) is 18.0 Å². The van der Waals surface area contributed by atoms with Crippen molar-refractivity contribution in [3.63, 3.8) is 0 Å². The van der Waals surface area contributed by atoms with Gasteiger partial charge in [0.05, 0.1) is 10.6 Å². The van der Waals surface area contributed by atoms with Gasteiger partial charge in [0, 0.05) is 17.1 Å². The van der Waals surface area contributed by atoms with Gasteiger partial charge in [-0.25, -0.2) is 8.42 Å². The van der Waals surface area contributed by atoms with Crippen molar-refractivity contribution in [1.29, 1.82) is 0 Å². The van der Waals surface area contributed by atoms with Crippen LogP contribution in [0.3, 0.4) is 0 Å². The smallest absolute Gasteiger partial charge is 0.264 e. The first-order valence-electron chi connectivity index (χ1n) is 13.2. The molecular formula is C31H38ClN3O4S. The Morgan fingerprint density at radius 3 is 2.12 bits per heavy atom. The first kappa shape index (κ1) is 31.2. The molecule has 0 aliphatic carbocycles. The van der Waals surface area contributed by atoms with Gasteiger partial charge in [0.1, 0.15) is 12.6 Å². The molecule has 2 amide bonds. The molecule has 0 radical (unpaired) electrons. The van der Waals surface area contributed by atoms with Crippen molar-refractivity contribution < 1.29 is 18.0 Å². The molecule has 0 aromatic heterocycles. The summed E-state index contributed by atoms with van der Waals surface area (Å²) in [6, 6.07) is 19.9. The Labute approximate surface area is 243 Å². The maximum absolute atomic E-state index is 14.1. The van der Waals surface area contributed by atoms with Crippen LogP contribution in [-0.2, 0) is 26.2 Å². The van der Waals surface area contributed by atoms with Gasteiger partial charge < -0.3 is 10.2 Å². The number of nitrogens with zero attached hydrogens (tertiary/aromatic N) is 2. The minimum Gasteiger partial charge on any atom is -0.350 e. The SMILES string of the molecule is CC[C@@H](C(=O)NC(C)(C)C)N(Cc1ccccc1)C(=O)CN(c1ccc(C)c(Cl)c1)S(=O)(=O)c1ccc(C)cc1. The maximum atomic E-state index is 14.1. The van der Waals surface area contributed by atoms with Gasteiger partial charge in [-0.1, -0.05) is 72.6 Å². The lowest BCUT2D eigenvalue weighted by atomic mass is 10.1. The van der Waals surface area contributed by atoms with Crippen LogP contribution < -0.4 is 9.62 Å². The molecule has 1 atom stereocenters. The van der Waals surface area contributed by atoms with E-state index < -0.39 is 34.1 Å². The number of aryl methyl sites for hydroxylation is 2. The summed E-state index contributed by atoms with van der Waals surface area (Å²) in [7, 11) is -4.16. The minimum atomic E-state index is -4.16. The van der Waals surface area contributed by atoms with Crippen LogP contribution in [0.5, 0.6) is 0 Å². The summed E-state index contributed by atoms with van der Waals surface area (Å²) in [5.74, 6) is -0.808. The standard InChI is InChI=1S/C31H38ClN3O4S/c1-7-28(30(37)33-31(4,5)6)34(20-24-11-9-8-10-12-24)29(36)21-35(25-16-15-23(3)27(32)19-25)40(38,39)26-17-13-22(2)14-18-26/h8-19,28H,7,20-21H2,1-6H3,(H,33,37)/t28-/m0/s1. The van der Waals surface area contributed by atoms with Crippen molar-refractivity contribution >= 4 is 39.1 Å². The zero-order valence-corrected chi connectivity index (χ0v) is 25.5. The zero-order chi connectivity index (χ0) is 29.7. The third-order valence-corrected chi connectivity index (χ3v) is 8.61. The normalized spacial score (nSPS) is 12.5. The fourth-order valence-corrected chi connectivity index (χ4v) is 5.84. The highest BCUT2D eigenvalue weighted by Crippen LogP contribution is 2.29. The van der Waals surface area contributed by atoms with Crippen LogP contribution in [0.15, 0.2) is 77.7 Å². The van der Waals surface area contributed by atoms with Crippen LogP contribution in [0.2, 0.25) is 5.02 Å². The van der Waals surface area contributed by atoms with Crippen LogP contribution >= 0.6 is 11.6 Å². The largest absolute Gasteiger partial charge is 0.350 e. The van der Waals surface area contributed by atoms with Gasteiger partial charge in [-0.2, -0.15) is 0 Å². The third kappa shape index (κ3) is 7.86.